The summed E-state index contributed by atoms with van der Waals surface area (Å²) in [6.45, 7) is 4.20. The van der Waals surface area contributed by atoms with Crippen molar-refractivity contribution in [3.8, 4) is 17.2 Å². The molecule has 3 aromatic rings. The van der Waals surface area contributed by atoms with E-state index in [0.29, 0.717) is 49.1 Å². The maximum Gasteiger partial charge on any atom is 0.321 e. The molecular weight excluding hydrogens is 435 g/mol. The molecule has 2 amide bonds. The number of carbonyl (C=O) groups excluding carboxylic acids is 1. The Bertz CT molecular complexity index is 1270. The Balaban J connectivity index is 1.38. The Morgan fingerprint density at radius 1 is 1.03 bits per heavy atom. The molecule has 0 saturated carbocycles. The molecule has 0 atom stereocenters. The summed E-state index contributed by atoms with van der Waals surface area (Å²) in [5, 5.41) is 2.77. The molecule has 7 nitrogen and oxygen atoms in total. The summed E-state index contributed by atoms with van der Waals surface area (Å²) in [6.07, 6.45) is 0. The largest absolute Gasteiger partial charge is 0.497 e. The molecule has 0 unspecified atom stereocenters. The minimum atomic E-state index is -0.388. The van der Waals surface area contributed by atoms with Crippen LogP contribution in [-0.2, 0) is 0 Å². The predicted molar refractivity (Wildman–Crippen MR) is 129 cm³/mol. The molecule has 1 fully saturated rings. The number of urea groups is 1. The second-order valence-corrected chi connectivity index (χ2v) is 8.29. The standard InChI is InChI=1S/C26H25FN4O3/c1-17-6-8-22-24(14-17)34-23-9-7-20(33-2)16-21(23)25(29-22)30-10-12-31(13-11-30)26(32)28-19-5-3-4-18(27)15-19/h3-9,14-16H,10-13H2,1-2H3,(H,28,32). The SMILES string of the molecule is COc1ccc2c(c1)C(N1CCN(C(=O)Nc3cccc(F)c3)CC1)=Nc1ccc(C)cc1O2. The first-order valence-electron chi connectivity index (χ1n) is 11.1. The fourth-order valence-corrected chi connectivity index (χ4v) is 4.12. The first-order valence-corrected chi connectivity index (χ1v) is 11.1. The number of methoxy groups -OCH3 is 1. The summed E-state index contributed by atoms with van der Waals surface area (Å²) in [7, 11) is 1.63. The Kier molecular flexibility index (Phi) is 5.79. The molecule has 0 spiro atoms. The predicted octanol–water partition coefficient (Wildman–Crippen LogP) is 5.18. The van der Waals surface area contributed by atoms with Gasteiger partial charge in [0.25, 0.3) is 0 Å². The number of nitrogens with one attached hydrogen (secondary N) is 1. The number of halogens is 1. The number of aliphatic imine (C=N–C) groups is 1. The van der Waals surface area contributed by atoms with Crippen molar-refractivity contribution in [2.24, 2.45) is 4.99 Å². The first kappa shape index (κ1) is 21.8. The van der Waals surface area contributed by atoms with Gasteiger partial charge in [0, 0.05) is 31.9 Å². The lowest BCUT2D eigenvalue weighted by molar-refractivity contribution is 0.181. The lowest BCUT2D eigenvalue weighted by Gasteiger charge is -2.36. The van der Waals surface area contributed by atoms with Gasteiger partial charge in [-0.15, -0.1) is 0 Å². The topological polar surface area (TPSA) is 66.4 Å². The third-order valence-corrected chi connectivity index (χ3v) is 5.93. The number of amidine groups is 1. The number of hydrogen-bond donors (Lipinski definition) is 1. The molecule has 1 saturated heterocycles. The molecule has 1 N–H and O–H groups in total. The lowest BCUT2D eigenvalue weighted by Crippen LogP contribution is -2.51. The van der Waals surface area contributed by atoms with Gasteiger partial charge in [-0.05, 0) is 61.0 Å². The van der Waals surface area contributed by atoms with Gasteiger partial charge in [0.1, 0.15) is 28.8 Å². The maximum absolute atomic E-state index is 13.4. The van der Waals surface area contributed by atoms with Crippen LogP contribution in [0, 0.1) is 12.7 Å². The van der Waals surface area contributed by atoms with Crippen LogP contribution in [0.3, 0.4) is 0 Å². The Morgan fingerprint density at radius 3 is 2.62 bits per heavy atom. The molecule has 5 rings (SSSR count). The van der Waals surface area contributed by atoms with E-state index in [1.807, 2.05) is 43.3 Å². The summed E-state index contributed by atoms with van der Waals surface area (Å²) in [5.74, 6) is 2.51. The first-order chi connectivity index (χ1) is 16.5. The normalized spacial score (nSPS) is 14.9. The van der Waals surface area contributed by atoms with E-state index >= 15 is 0 Å². The van der Waals surface area contributed by atoms with Crippen molar-refractivity contribution in [3.05, 3.63) is 77.6 Å². The van der Waals surface area contributed by atoms with E-state index in [2.05, 4.69) is 10.2 Å². The number of fused-ring (bicyclic) bond motifs is 2. The maximum atomic E-state index is 13.4. The van der Waals surface area contributed by atoms with E-state index in [1.165, 1.54) is 12.1 Å². The molecular formula is C26H25FN4O3. The molecule has 2 aliphatic rings. The average molecular weight is 461 g/mol. The van der Waals surface area contributed by atoms with E-state index in [9.17, 15) is 9.18 Å². The van der Waals surface area contributed by atoms with Gasteiger partial charge in [0.2, 0.25) is 0 Å². The fourth-order valence-electron chi connectivity index (χ4n) is 4.12. The van der Waals surface area contributed by atoms with Crippen LogP contribution >= 0.6 is 0 Å². The van der Waals surface area contributed by atoms with Gasteiger partial charge in [0.15, 0.2) is 5.75 Å². The zero-order chi connectivity index (χ0) is 23.7. The van der Waals surface area contributed by atoms with Gasteiger partial charge in [-0.25, -0.2) is 14.2 Å². The molecule has 2 heterocycles. The van der Waals surface area contributed by atoms with Crippen molar-refractivity contribution in [1.29, 1.82) is 0 Å². The molecule has 3 aromatic carbocycles. The van der Waals surface area contributed by atoms with Crippen LogP contribution < -0.4 is 14.8 Å². The van der Waals surface area contributed by atoms with Crippen molar-refractivity contribution in [1.82, 2.24) is 9.80 Å². The number of ether oxygens (including phenoxy) is 2. The second-order valence-electron chi connectivity index (χ2n) is 8.29. The van der Waals surface area contributed by atoms with Crippen LogP contribution in [0.25, 0.3) is 0 Å². The number of rotatable bonds is 2. The lowest BCUT2D eigenvalue weighted by atomic mass is 10.1. The third-order valence-electron chi connectivity index (χ3n) is 5.93. The number of hydrogen-bond acceptors (Lipinski definition) is 5. The third kappa shape index (κ3) is 4.39. The van der Waals surface area contributed by atoms with Crippen molar-refractivity contribution in [2.75, 3.05) is 38.6 Å². The Labute approximate surface area is 197 Å². The summed E-state index contributed by atoms with van der Waals surface area (Å²) in [4.78, 5) is 21.5. The average Bonchev–Trinajstić information content (AvgIpc) is 3.00. The molecule has 2 aliphatic heterocycles. The molecule has 34 heavy (non-hydrogen) atoms. The van der Waals surface area contributed by atoms with Gasteiger partial charge >= 0.3 is 6.03 Å². The summed E-state index contributed by atoms with van der Waals surface area (Å²) in [5.41, 5.74) is 3.11. The Morgan fingerprint density at radius 2 is 1.85 bits per heavy atom. The van der Waals surface area contributed by atoms with Crippen molar-refractivity contribution < 1.29 is 18.7 Å². The number of piperazine rings is 1. The number of anilines is 1. The van der Waals surface area contributed by atoms with E-state index in [4.69, 9.17) is 14.5 Å². The minimum Gasteiger partial charge on any atom is -0.497 e. The smallest absolute Gasteiger partial charge is 0.321 e. The van der Waals surface area contributed by atoms with E-state index < -0.39 is 0 Å². The Hall–Kier alpha value is -4.07. The molecule has 8 heteroatoms. The highest BCUT2D eigenvalue weighted by molar-refractivity contribution is 6.04. The number of benzene rings is 3. The van der Waals surface area contributed by atoms with E-state index in [1.54, 1.807) is 24.1 Å². The minimum absolute atomic E-state index is 0.251. The van der Waals surface area contributed by atoms with E-state index in [-0.39, 0.29) is 11.8 Å². The molecule has 0 aromatic heterocycles. The van der Waals surface area contributed by atoms with Crippen molar-refractivity contribution >= 4 is 23.2 Å². The molecule has 0 radical (unpaired) electrons. The van der Waals surface area contributed by atoms with Gasteiger partial charge in [-0.1, -0.05) is 12.1 Å². The summed E-state index contributed by atoms with van der Waals surface area (Å²) in [6, 6.07) is 17.3. The molecule has 0 bridgehead atoms. The highest BCUT2D eigenvalue weighted by Crippen LogP contribution is 2.40. The molecule has 174 valence electrons. The van der Waals surface area contributed by atoms with Crippen LogP contribution in [0.1, 0.15) is 11.1 Å². The van der Waals surface area contributed by atoms with E-state index in [0.717, 1.165) is 22.6 Å². The van der Waals surface area contributed by atoms with Crippen molar-refractivity contribution in [3.63, 3.8) is 0 Å². The highest BCUT2D eigenvalue weighted by atomic mass is 19.1. The summed E-state index contributed by atoms with van der Waals surface area (Å²) < 4.78 is 25.1. The monoisotopic (exact) mass is 460 g/mol. The van der Waals surface area contributed by atoms with Crippen LogP contribution in [0.15, 0.2) is 65.7 Å². The van der Waals surface area contributed by atoms with Crippen molar-refractivity contribution in [2.45, 2.75) is 6.92 Å². The second kappa shape index (κ2) is 9.05. The van der Waals surface area contributed by atoms with Crippen LogP contribution in [0.5, 0.6) is 17.2 Å². The van der Waals surface area contributed by atoms with Gasteiger partial charge < -0.3 is 24.6 Å². The van der Waals surface area contributed by atoms with Crippen LogP contribution in [-0.4, -0.2) is 55.0 Å². The quantitative estimate of drug-likeness (QED) is 0.573. The van der Waals surface area contributed by atoms with Gasteiger partial charge in [0.05, 0.1) is 12.7 Å². The highest BCUT2D eigenvalue weighted by Gasteiger charge is 2.28. The number of carbonyl (C=O) groups is 1. The fraction of sp³-hybridized carbons (Fsp3) is 0.231. The number of nitrogens with zero attached hydrogens (tertiary/aromatic N) is 3. The zero-order valence-electron chi connectivity index (χ0n) is 19.0. The van der Waals surface area contributed by atoms with Gasteiger partial charge in [-0.2, -0.15) is 0 Å². The van der Waals surface area contributed by atoms with Gasteiger partial charge in [-0.3, -0.25) is 0 Å². The number of amides is 2. The van der Waals surface area contributed by atoms with Crippen LogP contribution in [0.4, 0.5) is 20.6 Å². The molecule has 0 aliphatic carbocycles. The summed E-state index contributed by atoms with van der Waals surface area (Å²) >= 11 is 0. The van der Waals surface area contributed by atoms with Crippen LogP contribution in [0.2, 0.25) is 0 Å². The number of aryl methyl sites for hydroxylation is 1. The zero-order valence-corrected chi connectivity index (χ0v) is 19.0.